The molecule has 1 aromatic carbocycles. The predicted octanol–water partition coefficient (Wildman–Crippen LogP) is 4.81. The molecular formula is C24H25NO2. The first kappa shape index (κ1) is 15.7. The molecule has 138 valence electrons. The second kappa shape index (κ2) is 5.37. The first-order chi connectivity index (χ1) is 13.2. The van der Waals surface area contributed by atoms with E-state index in [2.05, 4.69) is 41.3 Å². The van der Waals surface area contributed by atoms with E-state index in [1.165, 1.54) is 61.7 Å². The van der Waals surface area contributed by atoms with Crippen LogP contribution < -0.4 is 0 Å². The maximum atomic E-state index is 12.2. The molecule has 0 bridgehead atoms. The molecule has 5 aliphatic rings. The topological polar surface area (TPSA) is 29.5 Å². The van der Waals surface area contributed by atoms with Crippen molar-refractivity contribution in [2.45, 2.75) is 45.1 Å². The summed E-state index contributed by atoms with van der Waals surface area (Å²) in [4.78, 5) is 14.8. The second-order valence-electron chi connectivity index (χ2n) is 8.77. The number of ether oxygens (including phenoxy) is 1. The van der Waals surface area contributed by atoms with E-state index >= 15 is 0 Å². The van der Waals surface area contributed by atoms with E-state index in [1.807, 2.05) is 0 Å². The molecule has 2 unspecified atom stereocenters. The largest absolute Gasteiger partial charge is 0.465 e. The minimum Gasteiger partial charge on any atom is -0.465 e. The molecule has 2 atom stereocenters. The Morgan fingerprint density at radius 2 is 2.00 bits per heavy atom. The SMILES string of the molecule is COC(=O)C1=CC2CC23C(=C1)N1Cc2ccccc2C1=C3C1CCCCC1. The normalized spacial score (nSPS) is 30.9. The highest BCUT2D eigenvalue weighted by atomic mass is 16.5. The fraction of sp³-hybridized carbons (Fsp3) is 0.458. The third-order valence-corrected chi connectivity index (χ3v) is 7.48. The summed E-state index contributed by atoms with van der Waals surface area (Å²) in [5.41, 5.74) is 8.29. The van der Waals surface area contributed by atoms with Crippen LogP contribution in [0.5, 0.6) is 0 Å². The van der Waals surface area contributed by atoms with Crippen LogP contribution in [0, 0.1) is 17.3 Å². The molecule has 3 nitrogen and oxygen atoms in total. The van der Waals surface area contributed by atoms with Gasteiger partial charge in [-0.3, -0.25) is 0 Å². The molecule has 3 heteroatoms. The zero-order valence-electron chi connectivity index (χ0n) is 15.8. The Morgan fingerprint density at radius 1 is 1.19 bits per heavy atom. The average Bonchev–Trinajstić information content (AvgIpc) is 3.24. The Balaban J connectivity index is 1.54. The number of hydrogen-bond donors (Lipinski definition) is 0. The Hall–Kier alpha value is -2.29. The van der Waals surface area contributed by atoms with Gasteiger partial charge in [0.2, 0.25) is 0 Å². The summed E-state index contributed by atoms with van der Waals surface area (Å²) in [6, 6.07) is 8.88. The zero-order chi connectivity index (χ0) is 18.2. The number of hydrogen-bond acceptors (Lipinski definition) is 3. The van der Waals surface area contributed by atoms with Crippen LogP contribution in [0.2, 0.25) is 0 Å². The summed E-state index contributed by atoms with van der Waals surface area (Å²) in [6.07, 6.45) is 12.2. The standard InChI is InChI=1S/C24H25NO2/c1-27-23(26)17-11-18-13-24(18)20(12-17)25-14-16-9-5-6-10-19(16)22(25)21(24)15-7-3-2-4-8-15/h5-6,9-12,15,18H,2-4,7-8,13-14H2,1H3. The highest BCUT2D eigenvalue weighted by molar-refractivity contribution is 5.94. The van der Waals surface area contributed by atoms with Crippen molar-refractivity contribution in [1.29, 1.82) is 0 Å². The fourth-order valence-corrected chi connectivity index (χ4v) is 6.28. The summed E-state index contributed by atoms with van der Waals surface area (Å²) < 4.78 is 5.04. The molecule has 1 spiro atoms. The van der Waals surface area contributed by atoms with Crippen LogP contribution in [0.1, 0.15) is 49.7 Å². The van der Waals surface area contributed by atoms with Crippen molar-refractivity contribution in [1.82, 2.24) is 4.90 Å². The molecule has 6 rings (SSSR count). The summed E-state index contributed by atoms with van der Waals surface area (Å²) in [7, 11) is 1.48. The highest BCUT2D eigenvalue weighted by Crippen LogP contribution is 2.74. The van der Waals surface area contributed by atoms with Crippen LogP contribution >= 0.6 is 0 Å². The van der Waals surface area contributed by atoms with Crippen molar-refractivity contribution in [3.63, 3.8) is 0 Å². The number of fused-ring (bicyclic) bond motifs is 4. The zero-order valence-corrected chi connectivity index (χ0v) is 15.8. The van der Waals surface area contributed by atoms with Gasteiger partial charge in [0.15, 0.2) is 0 Å². The number of methoxy groups -OCH3 is 1. The van der Waals surface area contributed by atoms with Crippen LogP contribution in [-0.4, -0.2) is 18.0 Å². The number of allylic oxidation sites excluding steroid dienone is 2. The van der Waals surface area contributed by atoms with Gasteiger partial charge in [-0.25, -0.2) is 4.79 Å². The van der Waals surface area contributed by atoms with E-state index in [4.69, 9.17) is 4.74 Å². The fourth-order valence-electron chi connectivity index (χ4n) is 6.28. The minimum absolute atomic E-state index is 0.169. The van der Waals surface area contributed by atoms with Crippen LogP contribution in [-0.2, 0) is 16.1 Å². The minimum atomic E-state index is -0.202. The lowest BCUT2D eigenvalue weighted by atomic mass is 9.74. The summed E-state index contributed by atoms with van der Waals surface area (Å²) in [5, 5.41) is 0. The molecule has 27 heavy (non-hydrogen) atoms. The van der Waals surface area contributed by atoms with E-state index in [9.17, 15) is 4.79 Å². The van der Waals surface area contributed by atoms with Crippen molar-refractivity contribution < 1.29 is 9.53 Å². The number of esters is 1. The lowest BCUT2D eigenvalue weighted by Gasteiger charge is -2.30. The van der Waals surface area contributed by atoms with E-state index in [-0.39, 0.29) is 11.4 Å². The van der Waals surface area contributed by atoms with Gasteiger partial charge < -0.3 is 9.64 Å². The van der Waals surface area contributed by atoms with Crippen molar-refractivity contribution in [3.8, 4) is 0 Å². The molecule has 2 fully saturated rings. The first-order valence-electron chi connectivity index (χ1n) is 10.4. The number of carbonyl (C=O) groups excluding carboxylic acids is 1. The van der Waals surface area contributed by atoms with E-state index in [0.29, 0.717) is 11.8 Å². The van der Waals surface area contributed by atoms with Crippen LogP contribution in [0.25, 0.3) is 5.70 Å². The van der Waals surface area contributed by atoms with Crippen LogP contribution in [0.3, 0.4) is 0 Å². The van der Waals surface area contributed by atoms with E-state index < -0.39 is 0 Å². The third kappa shape index (κ3) is 1.95. The number of carbonyl (C=O) groups is 1. The summed E-state index contributed by atoms with van der Waals surface area (Å²) in [5.74, 6) is 0.965. The molecule has 0 aromatic heterocycles. The predicted molar refractivity (Wildman–Crippen MR) is 104 cm³/mol. The Bertz CT molecular complexity index is 947. The molecular weight excluding hydrogens is 334 g/mol. The van der Waals surface area contributed by atoms with Gasteiger partial charge in [-0.05, 0) is 48.3 Å². The van der Waals surface area contributed by atoms with Crippen molar-refractivity contribution >= 4 is 11.7 Å². The van der Waals surface area contributed by atoms with Gasteiger partial charge in [-0.2, -0.15) is 0 Å². The summed E-state index contributed by atoms with van der Waals surface area (Å²) >= 11 is 0. The van der Waals surface area contributed by atoms with Gasteiger partial charge in [0, 0.05) is 28.9 Å². The third-order valence-electron chi connectivity index (χ3n) is 7.48. The van der Waals surface area contributed by atoms with E-state index in [0.717, 1.165) is 18.5 Å². The van der Waals surface area contributed by atoms with Crippen molar-refractivity contribution in [2.75, 3.05) is 7.11 Å². The maximum absolute atomic E-state index is 12.2. The van der Waals surface area contributed by atoms with Gasteiger partial charge in [-0.15, -0.1) is 0 Å². The molecule has 1 aromatic rings. The van der Waals surface area contributed by atoms with Gasteiger partial charge >= 0.3 is 5.97 Å². The molecule has 2 heterocycles. The first-order valence-corrected chi connectivity index (χ1v) is 10.4. The number of benzene rings is 1. The molecule has 3 aliphatic carbocycles. The molecule has 0 radical (unpaired) electrons. The molecule has 0 N–H and O–H groups in total. The highest BCUT2D eigenvalue weighted by Gasteiger charge is 2.67. The second-order valence-corrected chi connectivity index (χ2v) is 8.77. The lowest BCUT2D eigenvalue weighted by Crippen LogP contribution is -2.23. The maximum Gasteiger partial charge on any atom is 0.337 e. The van der Waals surface area contributed by atoms with Gasteiger partial charge in [0.25, 0.3) is 0 Å². The molecule has 2 saturated carbocycles. The molecule has 0 amide bonds. The van der Waals surface area contributed by atoms with Crippen molar-refractivity contribution in [3.05, 3.63) is 64.4 Å². The summed E-state index contributed by atoms with van der Waals surface area (Å²) in [6.45, 7) is 0.941. The molecule has 0 saturated heterocycles. The van der Waals surface area contributed by atoms with E-state index in [1.54, 1.807) is 5.57 Å². The van der Waals surface area contributed by atoms with Crippen molar-refractivity contribution in [2.24, 2.45) is 17.3 Å². The van der Waals surface area contributed by atoms with Crippen LogP contribution in [0.15, 0.2) is 53.3 Å². The lowest BCUT2D eigenvalue weighted by molar-refractivity contribution is -0.135. The van der Waals surface area contributed by atoms with Gasteiger partial charge in [-0.1, -0.05) is 49.6 Å². The number of nitrogens with zero attached hydrogens (tertiary/aromatic N) is 1. The van der Waals surface area contributed by atoms with Gasteiger partial charge in [0.05, 0.1) is 12.7 Å². The Kier molecular flexibility index (Phi) is 3.13. The smallest absolute Gasteiger partial charge is 0.337 e. The van der Waals surface area contributed by atoms with Gasteiger partial charge in [0.1, 0.15) is 0 Å². The molecule has 2 aliphatic heterocycles. The quantitative estimate of drug-likeness (QED) is 0.710. The average molecular weight is 359 g/mol. The monoisotopic (exact) mass is 359 g/mol. The number of rotatable bonds is 2. The Morgan fingerprint density at radius 3 is 2.81 bits per heavy atom. The van der Waals surface area contributed by atoms with Crippen LogP contribution in [0.4, 0.5) is 0 Å². The Labute approximate surface area is 160 Å².